The van der Waals surface area contributed by atoms with Crippen LogP contribution in [-0.2, 0) is 0 Å². The SMILES string of the molecule is N=C(N)CN1CCCC1C1CCCC1. The molecule has 1 saturated carbocycles. The van der Waals surface area contributed by atoms with Crippen LogP contribution in [0.5, 0.6) is 0 Å². The molecule has 0 aromatic carbocycles. The quantitative estimate of drug-likeness (QED) is 0.530. The largest absolute Gasteiger partial charge is 0.387 e. The van der Waals surface area contributed by atoms with Crippen molar-refractivity contribution < 1.29 is 0 Å². The molecule has 1 atom stereocenters. The van der Waals surface area contributed by atoms with Crippen molar-refractivity contribution in [3.05, 3.63) is 0 Å². The lowest BCUT2D eigenvalue weighted by Crippen LogP contribution is -2.40. The molecule has 3 heteroatoms. The zero-order chi connectivity index (χ0) is 9.97. The molecule has 2 rings (SSSR count). The van der Waals surface area contributed by atoms with Crippen molar-refractivity contribution in [2.75, 3.05) is 13.1 Å². The van der Waals surface area contributed by atoms with Crippen LogP contribution in [0.3, 0.4) is 0 Å². The van der Waals surface area contributed by atoms with E-state index in [0.29, 0.717) is 12.4 Å². The predicted molar refractivity (Wildman–Crippen MR) is 58.5 cm³/mol. The van der Waals surface area contributed by atoms with Crippen molar-refractivity contribution in [2.24, 2.45) is 11.7 Å². The van der Waals surface area contributed by atoms with Crippen LogP contribution in [0, 0.1) is 11.3 Å². The van der Waals surface area contributed by atoms with Crippen LogP contribution in [0.4, 0.5) is 0 Å². The molecule has 3 nitrogen and oxygen atoms in total. The molecule has 0 aromatic rings. The zero-order valence-corrected chi connectivity index (χ0v) is 8.84. The van der Waals surface area contributed by atoms with Crippen LogP contribution in [-0.4, -0.2) is 29.9 Å². The van der Waals surface area contributed by atoms with Gasteiger partial charge in [-0.1, -0.05) is 12.8 Å². The Morgan fingerprint density at radius 2 is 1.93 bits per heavy atom. The Hall–Kier alpha value is -0.570. The standard InChI is InChI=1S/C11H21N3/c12-11(13)8-14-7-3-6-10(14)9-4-1-2-5-9/h9-10H,1-8H2,(H3,12,13). The summed E-state index contributed by atoms with van der Waals surface area (Å²) in [5, 5.41) is 7.36. The Morgan fingerprint density at radius 3 is 2.57 bits per heavy atom. The summed E-state index contributed by atoms with van der Waals surface area (Å²) in [5.74, 6) is 1.23. The number of nitrogens with zero attached hydrogens (tertiary/aromatic N) is 1. The van der Waals surface area contributed by atoms with Crippen LogP contribution in [0.15, 0.2) is 0 Å². The van der Waals surface area contributed by atoms with Gasteiger partial charge < -0.3 is 5.73 Å². The molecule has 1 aliphatic heterocycles. The smallest absolute Gasteiger partial charge is 0.105 e. The minimum Gasteiger partial charge on any atom is -0.387 e. The predicted octanol–water partition coefficient (Wildman–Crippen LogP) is 1.58. The summed E-state index contributed by atoms with van der Waals surface area (Å²) in [6, 6.07) is 0.737. The summed E-state index contributed by atoms with van der Waals surface area (Å²) < 4.78 is 0. The summed E-state index contributed by atoms with van der Waals surface area (Å²) in [5.41, 5.74) is 5.47. The van der Waals surface area contributed by atoms with E-state index in [4.69, 9.17) is 11.1 Å². The van der Waals surface area contributed by atoms with Crippen LogP contribution in [0.2, 0.25) is 0 Å². The van der Waals surface area contributed by atoms with E-state index in [1.807, 2.05) is 0 Å². The monoisotopic (exact) mass is 195 g/mol. The molecule has 14 heavy (non-hydrogen) atoms. The van der Waals surface area contributed by atoms with Crippen LogP contribution in [0.25, 0.3) is 0 Å². The Bertz CT molecular complexity index is 209. The first-order chi connectivity index (χ1) is 6.77. The van der Waals surface area contributed by atoms with Gasteiger partial charge in [-0.15, -0.1) is 0 Å². The minimum atomic E-state index is 0.329. The first-order valence-electron chi connectivity index (χ1n) is 5.84. The molecule has 0 amide bonds. The minimum absolute atomic E-state index is 0.329. The summed E-state index contributed by atoms with van der Waals surface area (Å²) in [7, 11) is 0. The van der Waals surface area contributed by atoms with Crippen molar-refractivity contribution in [3.8, 4) is 0 Å². The molecule has 0 radical (unpaired) electrons. The molecule has 1 unspecified atom stereocenters. The fourth-order valence-electron chi connectivity index (χ4n) is 3.14. The van der Waals surface area contributed by atoms with Gasteiger partial charge in [-0.25, -0.2) is 0 Å². The van der Waals surface area contributed by atoms with E-state index in [2.05, 4.69) is 4.90 Å². The lowest BCUT2D eigenvalue weighted by molar-refractivity contribution is 0.213. The molecule has 3 N–H and O–H groups in total. The highest BCUT2D eigenvalue weighted by Gasteiger charge is 2.33. The van der Waals surface area contributed by atoms with E-state index >= 15 is 0 Å². The Balaban J connectivity index is 1.92. The van der Waals surface area contributed by atoms with E-state index < -0.39 is 0 Å². The molecule has 0 bridgehead atoms. The zero-order valence-electron chi connectivity index (χ0n) is 8.84. The number of nitrogens with one attached hydrogen (secondary N) is 1. The van der Waals surface area contributed by atoms with Gasteiger partial charge in [0.25, 0.3) is 0 Å². The van der Waals surface area contributed by atoms with Gasteiger partial charge in [-0.2, -0.15) is 0 Å². The van der Waals surface area contributed by atoms with E-state index in [-0.39, 0.29) is 0 Å². The van der Waals surface area contributed by atoms with Crippen molar-refractivity contribution in [3.63, 3.8) is 0 Å². The van der Waals surface area contributed by atoms with Gasteiger partial charge >= 0.3 is 0 Å². The molecule has 1 heterocycles. The van der Waals surface area contributed by atoms with Crippen molar-refractivity contribution in [1.82, 2.24) is 4.90 Å². The maximum atomic E-state index is 7.36. The second kappa shape index (κ2) is 4.30. The van der Waals surface area contributed by atoms with E-state index in [9.17, 15) is 0 Å². The van der Waals surface area contributed by atoms with Crippen molar-refractivity contribution in [2.45, 2.75) is 44.6 Å². The molecule has 80 valence electrons. The van der Waals surface area contributed by atoms with Crippen LogP contribution in [0.1, 0.15) is 38.5 Å². The Labute approximate surface area is 86.2 Å². The molecule has 0 aromatic heterocycles. The lowest BCUT2D eigenvalue weighted by atomic mass is 9.96. The van der Waals surface area contributed by atoms with Crippen molar-refractivity contribution in [1.29, 1.82) is 5.41 Å². The second-order valence-electron chi connectivity index (χ2n) is 4.75. The summed E-state index contributed by atoms with van der Waals surface area (Å²) in [4.78, 5) is 2.43. The van der Waals surface area contributed by atoms with Gasteiger partial charge in [0, 0.05) is 6.04 Å². The first kappa shape index (κ1) is 9.97. The Morgan fingerprint density at radius 1 is 1.21 bits per heavy atom. The Kier molecular flexibility index (Phi) is 3.06. The molecule has 0 spiro atoms. The van der Waals surface area contributed by atoms with E-state index in [1.165, 1.54) is 38.5 Å². The maximum Gasteiger partial charge on any atom is 0.105 e. The van der Waals surface area contributed by atoms with E-state index in [1.54, 1.807) is 0 Å². The molecular formula is C11H21N3. The second-order valence-corrected chi connectivity index (χ2v) is 4.75. The average molecular weight is 195 g/mol. The molecule has 1 aliphatic carbocycles. The van der Waals surface area contributed by atoms with Gasteiger partial charge in [-0.3, -0.25) is 10.3 Å². The molecule has 1 saturated heterocycles. The van der Waals surface area contributed by atoms with Crippen molar-refractivity contribution >= 4 is 5.84 Å². The normalized spacial score (nSPS) is 29.9. The van der Waals surface area contributed by atoms with Gasteiger partial charge in [0.15, 0.2) is 0 Å². The first-order valence-corrected chi connectivity index (χ1v) is 5.84. The third-order valence-corrected chi connectivity index (χ3v) is 3.73. The fourth-order valence-corrected chi connectivity index (χ4v) is 3.14. The summed E-state index contributed by atoms with van der Waals surface area (Å²) in [6.07, 6.45) is 8.26. The highest BCUT2D eigenvalue weighted by Crippen LogP contribution is 2.34. The number of likely N-dealkylation sites (tertiary alicyclic amines) is 1. The number of rotatable bonds is 3. The third kappa shape index (κ3) is 2.08. The van der Waals surface area contributed by atoms with Crippen LogP contribution < -0.4 is 5.73 Å². The fraction of sp³-hybridized carbons (Fsp3) is 0.909. The number of amidine groups is 1. The third-order valence-electron chi connectivity index (χ3n) is 3.73. The van der Waals surface area contributed by atoms with Gasteiger partial charge in [0.05, 0.1) is 6.54 Å². The average Bonchev–Trinajstić information content (AvgIpc) is 2.70. The highest BCUT2D eigenvalue weighted by atomic mass is 15.2. The maximum absolute atomic E-state index is 7.36. The highest BCUT2D eigenvalue weighted by molar-refractivity contribution is 5.79. The van der Waals surface area contributed by atoms with E-state index in [0.717, 1.165) is 18.5 Å². The number of hydrogen-bond donors (Lipinski definition) is 2. The summed E-state index contributed by atoms with van der Waals surface area (Å²) >= 11 is 0. The van der Waals surface area contributed by atoms with Gasteiger partial charge in [-0.05, 0) is 38.1 Å². The number of hydrogen-bond acceptors (Lipinski definition) is 2. The molecule has 2 fully saturated rings. The summed E-state index contributed by atoms with van der Waals surface area (Å²) in [6.45, 7) is 1.85. The topological polar surface area (TPSA) is 53.1 Å². The number of nitrogens with two attached hydrogens (primary N) is 1. The molecular weight excluding hydrogens is 174 g/mol. The lowest BCUT2D eigenvalue weighted by Gasteiger charge is -2.28. The van der Waals surface area contributed by atoms with Gasteiger partial charge in [0.2, 0.25) is 0 Å². The molecule has 2 aliphatic rings. The van der Waals surface area contributed by atoms with Crippen LogP contribution >= 0.6 is 0 Å². The van der Waals surface area contributed by atoms with Gasteiger partial charge in [0.1, 0.15) is 5.84 Å².